The standard InChI is InChI=1S/C14H14ClNO2.C13H12ClNO2.C12H12ClNO2.C11H10ClNO3.C3H7BO2.K.Li.H2O.H/c1-16-11-6-5-9(8-3-4-8)13(15)10(11)7-12(16)14(17)18-2;1-15-10-5-4-8(7-2-3-7)12(14)9(10)6-11(15)13(16)17;1-7-4-5-9-8(11(7)13)6-10(14(9)2)12(15)16-3;1-13-7-3-4-9(14)10(12)6(7)5-8(13)11(15)16-2;5-4(6)3-1-2-3;;;;/h5-8H,3-4H2,1-2H3;4-7H,2-3H2,1H3,(H,16,17);4-6H,1-3H3;3-5,14H,1-2H3;3,5-6H,1-2H2;;;1H2;/q;;;;;2*+1;;-1/p-1. The maximum absolute atomic E-state index is 11.7. The minimum Gasteiger partial charge on any atom is -1.00 e. The fourth-order valence-electron chi connectivity index (χ4n) is 8.55. The van der Waals surface area contributed by atoms with Gasteiger partial charge in [0.2, 0.25) is 0 Å². The molecular weight excluding hydrogens is 1080 g/mol. The summed E-state index contributed by atoms with van der Waals surface area (Å²) < 4.78 is 21.1. The molecule has 0 radical (unpaired) electrons. The number of esters is 3. The number of aromatic nitrogens is 4. The fraction of sp³-hybridized carbons (Fsp3) is 0.321. The minimum absolute atomic E-state index is 0. The van der Waals surface area contributed by atoms with Gasteiger partial charge < -0.3 is 59.6 Å². The molecule has 0 amide bonds. The Morgan fingerprint density at radius 2 is 0.855 bits per heavy atom. The summed E-state index contributed by atoms with van der Waals surface area (Å²) in [6.07, 6.45) is 6.78. The summed E-state index contributed by atoms with van der Waals surface area (Å²) in [6, 6.07) is 22.0. The van der Waals surface area contributed by atoms with Crippen LogP contribution in [0.4, 0.5) is 0 Å². The van der Waals surface area contributed by atoms with Crippen molar-refractivity contribution in [3.05, 3.63) is 132 Å². The number of aromatic hydroxyl groups is 1. The molecule has 4 heterocycles. The van der Waals surface area contributed by atoms with Crippen molar-refractivity contribution in [3.8, 4) is 5.75 Å². The van der Waals surface area contributed by atoms with Gasteiger partial charge in [0.25, 0.3) is 0 Å². The molecule has 3 aliphatic rings. The second-order valence-electron chi connectivity index (χ2n) is 18.2. The number of carboxylic acids is 1. The number of nitrogens with zero attached hydrogens (tertiary/aromatic N) is 4. The van der Waals surface area contributed by atoms with E-state index in [9.17, 15) is 24.3 Å². The zero-order valence-corrected chi connectivity index (χ0v) is 50.0. The number of phenolic OH excluding ortho intramolecular Hbond substituents is 1. The Morgan fingerprint density at radius 3 is 1.17 bits per heavy atom. The van der Waals surface area contributed by atoms with Crippen molar-refractivity contribution < 1.29 is 131 Å². The molecule has 0 aliphatic heterocycles. The number of benzene rings is 4. The van der Waals surface area contributed by atoms with Gasteiger partial charge in [0.15, 0.2) is 0 Å². The third-order valence-electron chi connectivity index (χ3n) is 13.4. The normalized spacial score (nSPS) is 13.2. The van der Waals surface area contributed by atoms with Gasteiger partial charge >= 0.3 is 101 Å². The van der Waals surface area contributed by atoms with Crippen molar-refractivity contribution in [2.24, 2.45) is 28.2 Å². The molecule has 0 spiro atoms. The van der Waals surface area contributed by atoms with Gasteiger partial charge in [0.05, 0.1) is 46.9 Å². The Morgan fingerprint density at radius 1 is 0.539 bits per heavy atom. The molecule has 0 saturated heterocycles. The number of carbonyl (C=O) groups excluding carboxylic acids is 3. The number of aryl methyl sites for hydroxylation is 5. The van der Waals surface area contributed by atoms with Gasteiger partial charge in [-0.3, -0.25) is 0 Å². The first-order valence-electron chi connectivity index (χ1n) is 23.3. The number of carbonyl (C=O) groups is 4. The van der Waals surface area contributed by atoms with Gasteiger partial charge in [-0.25, -0.2) is 19.2 Å². The van der Waals surface area contributed by atoms with E-state index >= 15 is 0 Å². The molecule has 4 aromatic heterocycles. The molecule has 0 atom stereocenters. The van der Waals surface area contributed by atoms with Crippen molar-refractivity contribution in [1.29, 1.82) is 0 Å². The molecule has 394 valence electrons. The van der Waals surface area contributed by atoms with Gasteiger partial charge in [-0.2, -0.15) is 0 Å². The summed E-state index contributed by atoms with van der Waals surface area (Å²) in [5, 5.41) is 40.7. The fourth-order valence-corrected chi connectivity index (χ4v) is 9.72. The Labute approximate surface area is 515 Å². The minimum atomic E-state index is -1.04. The number of hydrogen-bond donors (Lipinski definition) is 4. The number of ether oxygens (including phenoxy) is 3. The van der Waals surface area contributed by atoms with Gasteiger partial charge in [-0.15, -0.1) is 0 Å². The molecule has 5 N–H and O–H groups in total. The Bertz CT molecular complexity index is 3360. The SMILES string of the molecule is COC(=O)c1cc2c(Cl)c(C)ccc2n1C.COC(=O)c1cc2c(Cl)c(C3CC3)ccc2n1C.COC(=O)c1cc2c(Cl)c(O)ccc2n1C.Cn1c(C(=O)O)cc2c(Cl)c(C3CC3)ccc21.OB(O)C1CC1.[H-].[K+].[Li+].[OH-]. The van der Waals surface area contributed by atoms with Crippen LogP contribution in [0.2, 0.25) is 25.9 Å². The average molecular weight is 1140 g/mol. The van der Waals surface area contributed by atoms with Gasteiger partial charge in [0.1, 0.15) is 28.5 Å². The molecular formula is C53H57BCl4KLiN4O12. The van der Waals surface area contributed by atoms with Crippen LogP contribution in [0.15, 0.2) is 72.8 Å². The van der Waals surface area contributed by atoms with E-state index in [-0.39, 0.29) is 111 Å². The largest absolute Gasteiger partial charge is 1.00 e. The van der Waals surface area contributed by atoms with E-state index in [1.807, 2.05) is 62.0 Å². The number of halogens is 4. The van der Waals surface area contributed by atoms with E-state index in [2.05, 4.69) is 10.8 Å². The molecule has 8 aromatic rings. The summed E-state index contributed by atoms with van der Waals surface area (Å²) in [6.45, 7) is 1.94. The summed E-state index contributed by atoms with van der Waals surface area (Å²) in [5.74, 6) is -0.669. The summed E-state index contributed by atoms with van der Waals surface area (Å²) >= 11 is 24.9. The topological polar surface area (TPSA) is 227 Å². The molecule has 0 bridgehead atoms. The Kier molecular flexibility index (Phi) is 23.2. The first-order chi connectivity index (χ1) is 34.6. The van der Waals surface area contributed by atoms with Crippen molar-refractivity contribution in [3.63, 3.8) is 0 Å². The summed E-state index contributed by atoms with van der Waals surface area (Å²) in [4.78, 5) is 45.7. The van der Waals surface area contributed by atoms with Crippen molar-refractivity contribution in [1.82, 2.24) is 18.3 Å². The predicted octanol–water partition coefficient (Wildman–Crippen LogP) is 5.72. The third-order valence-corrected chi connectivity index (χ3v) is 15.1. The maximum atomic E-state index is 11.7. The molecule has 11 rings (SSSR count). The quantitative estimate of drug-likeness (QED) is 0.0854. The van der Waals surface area contributed by atoms with Crippen LogP contribution in [0.25, 0.3) is 43.6 Å². The third kappa shape index (κ3) is 13.9. The van der Waals surface area contributed by atoms with Gasteiger partial charge in [-0.1, -0.05) is 77.4 Å². The van der Waals surface area contributed by atoms with E-state index in [0.717, 1.165) is 67.2 Å². The number of fused-ring (bicyclic) bond motifs is 4. The van der Waals surface area contributed by atoms with Crippen molar-refractivity contribution in [2.75, 3.05) is 21.3 Å². The zero-order valence-electron chi connectivity index (χ0n) is 44.9. The molecule has 23 heteroatoms. The van der Waals surface area contributed by atoms with Gasteiger partial charge in [0, 0.05) is 66.3 Å². The van der Waals surface area contributed by atoms with Crippen LogP contribution in [-0.4, -0.2) is 96.3 Å². The van der Waals surface area contributed by atoms with Crippen LogP contribution in [0.1, 0.15) is 110 Å². The van der Waals surface area contributed by atoms with Crippen LogP contribution in [0.3, 0.4) is 0 Å². The van der Waals surface area contributed by atoms with E-state index in [4.69, 9.17) is 71.0 Å². The number of phenols is 1. The van der Waals surface area contributed by atoms with E-state index in [1.54, 1.807) is 52.1 Å². The van der Waals surface area contributed by atoms with Crippen LogP contribution < -0.4 is 70.2 Å². The Balaban J connectivity index is 0.000000256. The zero-order chi connectivity index (χ0) is 53.3. The number of methoxy groups -OCH3 is 3. The molecule has 76 heavy (non-hydrogen) atoms. The van der Waals surface area contributed by atoms with E-state index in [0.29, 0.717) is 44.3 Å². The first kappa shape index (κ1) is 64.6. The smallest absolute Gasteiger partial charge is 1.00 e. The molecule has 4 aromatic carbocycles. The number of aromatic carboxylic acids is 1. The summed E-state index contributed by atoms with van der Waals surface area (Å²) in [5.41, 5.74) is 8.58. The van der Waals surface area contributed by atoms with Gasteiger partial charge in [-0.05, 0) is 122 Å². The number of hydrogen-bond acceptors (Lipinski definition) is 11. The molecule has 16 nitrogen and oxygen atoms in total. The molecule has 3 fully saturated rings. The first-order valence-corrected chi connectivity index (χ1v) is 24.8. The number of carboxylic acid groups (broad SMARTS) is 1. The molecule has 3 aliphatic carbocycles. The number of rotatable bonds is 7. The maximum Gasteiger partial charge on any atom is 1.00 e. The van der Waals surface area contributed by atoms with Crippen molar-refractivity contribution in [2.45, 2.75) is 63.1 Å². The molecule has 0 unspecified atom stereocenters. The van der Waals surface area contributed by atoms with Crippen LogP contribution in [0, 0.1) is 6.92 Å². The molecule has 3 saturated carbocycles. The predicted molar refractivity (Wildman–Crippen MR) is 289 cm³/mol. The van der Waals surface area contributed by atoms with Crippen LogP contribution >= 0.6 is 46.4 Å². The van der Waals surface area contributed by atoms with E-state index in [1.165, 1.54) is 58.6 Å². The Hall–Kier alpha value is -3.94. The second kappa shape index (κ2) is 27.3. The summed E-state index contributed by atoms with van der Waals surface area (Å²) in [7, 11) is 10.2. The second-order valence-corrected chi connectivity index (χ2v) is 19.7. The van der Waals surface area contributed by atoms with E-state index < -0.39 is 19.1 Å². The van der Waals surface area contributed by atoms with Crippen LogP contribution in [-0.2, 0) is 42.4 Å². The monoisotopic (exact) mass is 1140 g/mol. The van der Waals surface area contributed by atoms with Crippen LogP contribution in [0.5, 0.6) is 5.75 Å². The average Bonchev–Trinajstić information content (AvgIpc) is 4.31. The van der Waals surface area contributed by atoms with Crippen molar-refractivity contribution >= 4 is 121 Å².